The van der Waals surface area contributed by atoms with Gasteiger partial charge in [0.1, 0.15) is 0 Å². The van der Waals surface area contributed by atoms with Gasteiger partial charge in [-0.25, -0.2) is 13.4 Å². The molecular formula is C18H27IN4O2S2. The van der Waals surface area contributed by atoms with Gasteiger partial charge in [0.25, 0.3) is 0 Å². The third-order valence-corrected chi connectivity index (χ3v) is 6.38. The molecule has 0 saturated carbocycles. The highest BCUT2D eigenvalue weighted by Crippen LogP contribution is 2.11. The Hall–Kier alpha value is -1.20. The second kappa shape index (κ2) is 12.3. The molecule has 27 heavy (non-hydrogen) atoms. The summed E-state index contributed by atoms with van der Waals surface area (Å²) in [6, 6.07) is 8.55. The number of halogens is 1. The zero-order valence-corrected chi connectivity index (χ0v) is 19.6. The quantitative estimate of drug-likeness (QED) is 0.229. The zero-order chi connectivity index (χ0) is 18.8. The number of hydrogen-bond donors (Lipinski definition) is 2. The first-order chi connectivity index (χ1) is 12.5. The van der Waals surface area contributed by atoms with Crippen molar-refractivity contribution in [1.29, 1.82) is 0 Å². The van der Waals surface area contributed by atoms with Gasteiger partial charge in [-0.05, 0) is 32.4 Å². The van der Waals surface area contributed by atoms with Crippen molar-refractivity contribution in [1.82, 2.24) is 15.6 Å². The number of nitrogens with one attached hydrogen (secondary N) is 2. The van der Waals surface area contributed by atoms with E-state index in [1.807, 2.05) is 26.1 Å². The molecule has 150 valence electrons. The molecule has 0 aliphatic heterocycles. The van der Waals surface area contributed by atoms with Gasteiger partial charge >= 0.3 is 0 Å². The van der Waals surface area contributed by atoms with Crippen LogP contribution in [-0.4, -0.2) is 44.7 Å². The molecule has 0 aliphatic rings. The Morgan fingerprint density at radius 2 is 1.96 bits per heavy atom. The van der Waals surface area contributed by atoms with E-state index < -0.39 is 9.84 Å². The van der Waals surface area contributed by atoms with E-state index in [0.717, 1.165) is 24.5 Å². The van der Waals surface area contributed by atoms with E-state index in [1.165, 1.54) is 4.88 Å². The third kappa shape index (κ3) is 8.56. The number of sulfone groups is 1. The summed E-state index contributed by atoms with van der Waals surface area (Å²) in [5, 5.41) is 7.54. The summed E-state index contributed by atoms with van der Waals surface area (Å²) in [5.41, 5.74) is 0. The van der Waals surface area contributed by atoms with Crippen LogP contribution >= 0.6 is 35.3 Å². The molecule has 2 rings (SSSR count). The molecule has 0 unspecified atom stereocenters. The lowest BCUT2D eigenvalue weighted by Crippen LogP contribution is -2.38. The minimum Gasteiger partial charge on any atom is -0.357 e. The zero-order valence-electron chi connectivity index (χ0n) is 15.6. The first-order valence-electron chi connectivity index (χ1n) is 8.72. The van der Waals surface area contributed by atoms with Crippen molar-refractivity contribution < 1.29 is 8.42 Å². The number of aryl methyl sites for hydroxylation is 1. The van der Waals surface area contributed by atoms with E-state index in [4.69, 9.17) is 0 Å². The summed E-state index contributed by atoms with van der Waals surface area (Å²) in [4.78, 5) is 10.4. The standard InChI is InChI=1S/C18H26N4O2S2.HI/c1-3-19-18(21-12-10-17-22-14-15(2)25-17)20-11-7-13-26(23,24)16-8-5-4-6-9-16;/h4-6,8-9,14H,3,7,10-13H2,1-2H3,(H2,19,20,21);1H. The van der Waals surface area contributed by atoms with Gasteiger partial charge in [-0.1, -0.05) is 18.2 Å². The maximum atomic E-state index is 12.2. The van der Waals surface area contributed by atoms with Crippen LogP contribution < -0.4 is 10.6 Å². The fraction of sp³-hybridized carbons (Fsp3) is 0.444. The minimum absolute atomic E-state index is 0. The summed E-state index contributed by atoms with van der Waals surface area (Å²) in [5.74, 6) is 0.802. The third-order valence-electron chi connectivity index (χ3n) is 3.59. The second-order valence-corrected chi connectivity index (χ2v) is 9.22. The van der Waals surface area contributed by atoms with E-state index in [9.17, 15) is 8.42 Å². The second-order valence-electron chi connectivity index (χ2n) is 5.79. The van der Waals surface area contributed by atoms with Crippen molar-refractivity contribution in [3.63, 3.8) is 0 Å². The summed E-state index contributed by atoms with van der Waals surface area (Å²) in [6.07, 6.45) is 3.21. The molecule has 1 heterocycles. The first-order valence-corrected chi connectivity index (χ1v) is 11.2. The molecule has 0 aliphatic carbocycles. The molecule has 6 nitrogen and oxygen atoms in total. The number of nitrogens with zero attached hydrogens (tertiary/aromatic N) is 2. The average molecular weight is 522 g/mol. The van der Waals surface area contributed by atoms with Crippen molar-refractivity contribution in [3.05, 3.63) is 46.4 Å². The Morgan fingerprint density at radius 3 is 2.59 bits per heavy atom. The van der Waals surface area contributed by atoms with E-state index in [-0.39, 0.29) is 29.7 Å². The van der Waals surface area contributed by atoms with Crippen LogP contribution in [0.4, 0.5) is 0 Å². The molecule has 1 aromatic heterocycles. The number of rotatable bonds is 9. The fourth-order valence-electron chi connectivity index (χ4n) is 2.34. The number of benzene rings is 1. The van der Waals surface area contributed by atoms with E-state index >= 15 is 0 Å². The van der Waals surface area contributed by atoms with E-state index in [0.29, 0.717) is 23.8 Å². The average Bonchev–Trinajstić information content (AvgIpc) is 3.04. The van der Waals surface area contributed by atoms with Gasteiger partial charge in [-0.3, -0.25) is 4.99 Å². The SMILES string of the molecule is CCNC(=NCCCS(=O)(=O)c1ccccc1)NCCc1ncc(C)s1.I. The maximum absolute atomic E-state index is 12.2. The lowest BCUT2D eigenvalue weighted by molar-refractivity contribution is 0.593. The van der Waals surface area contributed by atoms with Crippen LogP contribution in [0.15, 0.2) is 46.4 Å². The number of hydrogen-bond acceptors (Lipinski definition) is 5. The van der Waals surface area contributed by atoms with Crippen LogP contribution in [0.3, 0.4) is 0 Å². The normalized spacial score (nSPS) is 11.7. The maximum Gasteiger partial charge on any atom is 0.191 e. The van der Waals surface area contributed by atoms with Crippen molar-refractivity contribution in [2.24, 2.45) is 4.99 Å². The Morgan fingerprint density at radius 1 is 1.22 bits per heavy atom. The fourth-order valence-corrected chi connectivity index (χ4v) is 4.44. The van der Waals surface area contributed by atoms with Gasteiger partial charge in [0.05, 0.1) is 15.7 Å². The Bertz CT molecular complexity index is 808. The van der Waals surface area contributed by atoms with Gasteiger partial charge in [0, 0.05) is 37.1 Å². The number of aromatic nitrogens is 1. The van der Waals surface area contributed by atoms with Crippen molar-refractivity contribution >= 4 is 51.1 Å². The molecule has 0 radical (unpaired) electrons. The molecule has 0 amide bonds. The predicted molar refractivity (Wildman–Crippen MR) is 123 cm³/mol. The highest BCUT2D eigenvalue weighted by atomic mass is 127. The van der Waals surface area contributed by atoms with Gasteiger partial charge < -0.3 is 10.6 Å². The molecular weight excluding hydrogens is 495 g/mol. The van der Waals surface area contributed by atoms with Crippen molar-refractivity contribution in [3.8, 4) is 0 Å². The first kappa shape index (κ1) is 23.8. The molecule has 2 aromatic rings. The number of guanidine groups is 1. The minimum atomic E-state index is -3.24. The summed E-state index contributed by atoms with van der Waals surface area (Å²) in [7, 11) is -3.24. The highest BCUT2D eigenvalue weighted by Gasteiger charge is 2.12. The number of thiazole rings is 1. The van der Waals surface area contributed by atoms with Crippen LogP contribution in [0, 0.1) is 6.92 Å². The van der Waals surface area contributed by atoms with E-state index in [2.05, 4.69) is 20.6 Å². The van der Waals surface area contributed by atoms with Crippen LogP contribution in [0.5, 0.6) is 0 Å². The predicted octanol–water partition coefficient (Wildman–Crippen LogP) is 3.03. The molecule has 0 atom stereocenters. The highest BCUT2D eigenvalue weighted by molar-refractivity contribution is 14.0. The van der Waals surface area contributed by atoms with Gasteiger partial charge in [-0.15, -0.1) is 35.3 Å². The Labute approximate surface area is 182 Å². The van der Waals surface area contributed by atoms with Gasteiger partial charge in [0.15, 0.2) is 15.8 Å². The monoisotopic (exact) mass is 522 g/mol. The van der Waals surface area contributed by atoms with Crippen LogP contribution in [0.1, 0.15) is 23.2 Å². The lowest BCUT2D eigenvalue weighted by Gasteiger charge is -2.10. The Balaban J connectivity index is 0.00000364. The summed E-state index contributed by atoms with van der Waals surface area (Å²) in [6.45, 7) is 5.99. The molecule has 0 spiro atoms. The van der Waals surface area contributed by atoms with Crippen LogP contribution in [-0.2, 0) is 16.3 Å². The topological polar surface area (TPSA) is 83.5 Å². The molecule has 9 heteroatoms. The van der Waals surface area contributed by atoms with Gasteiger partial charge in [-0.2, -0.15) is 0 Å². The van der Waals surface area contributed by atoms with Crippen LogP contribution in [0.25, 0.3) is 0 Å². The van der Waals surface area contributed by atoms with Crippen LogP contribution in [0.2, 0.25) is 0 Å². The molecule has 0 fully saturated rings. The van der Waals surface area contributed by atoms with Crippen molar-refractivity contribution in [2.45, 2.75) is 31.6 Å². The lowest BCUT2D eigenvalue weighted by atomic mass is 10.4. The smallest absolute Gasteiger partial charge is 0.191 e. The Kier molecular flexibility index (Phi) is 10.9. The van der Waals surface area contributed by atoms with Crippen molar-refractivity contribution in [2.75, 3.05) is 25.4 Å². The molecule has 2 N–H and O–H groups in total. The largest absolute Gasteiger partial charge is 0.357 e. The summed E-state index contributed by atoms with van der Waals surface area (Å²) >= 11 is 1.70. The molecule has 0 bridgehead atoms. The summed E-state index contributed by atoms with van der Waals surface area (Å²) < 4.78 is 24.5. The number of aliphatic imine (C=N–C) groups is 1. The van der Waals surface area contributed by atoms with Gasteiger partial charge in [0.2, 0.25) is 0 Å². The molecule has 0 saturated heterocycles. The molecule has 1 aromatic carbocycles. The van der Waals surface area contributed by atoms with E-state index in [1.54, 1.807) is 35.6 Å².